The van der Waals surface area contributed by atoms with Gasteiger partial charge >= 0.3 is 0 Å². The number of halogens is 1. The summed E-state index contributed by atoms with van der Waals surface area (Å²) in [6.07, 6.45) is 5.06. The molecule has 0 unspecified atom stereocenters. The summed E-state index contributed by atoms with van der Waals surface area (Å²) in [7, 11) is 0. The van der Waals surface area contributed by atoms with E-state index in [2.05, 4.69) is 9.80 Å². The lowest BCUT2D eigenvalue weighted by molar-refractivity contribution is 0.0747. The number of hydrogen-bond donors (Lipinski definition) is 0. The van der Waals surface area contributed by atoms with E-state index in [1.165, 1.54) is 32.4 Å². The van der Waals surface area contributed by atoms with Gasteiger partial charge in [0.1, 0.15) is 5.75 Å². The maximum atomic E-state index is 12.9. The van der Waals surface area contributed by atoms with Crippen LogP contribution in [0.25, 0.3) is 0 Å². The van der Waals surface area contributed by atoms with E-state index in [1.54, 1.807) is 0 Å². The van der Waals surface area contributed by atoms with Gasteiger partial charge in [-0.15, -0.1) is 0 Å². The van der Waals surface area contributed by atoms with Gasteiger partial charge in [0.05, 0.1) is 17.3 Å². The van der Waals surface area contributed by atoms with Gasteiger partial charge in [-0.05, 0) is 68.8 Å². The molecule has 2 saturated heterocycles. The molecule has 1 amide bonds. The number of anilines is 1. The van der Waals surface area contributed by atoms with Crippen molar-refractivity contribution in [2.45, 2.75) is 25.7 Å². The number of amides is 1. The zero-order valence-corrected chi connectivity index (χ0v) is 18.9. The second-order valence-corrected chi connectivity index (χ2v) is 8.77. The Morgan fingerprint density at radius 3 is 2.29 bits per heavy atom. The van der Waals surface area contributed by atoms with Crippen LogP contribution in [0.1, 0.15) is 36.0 Å². The number of rotatable bonds is 7. The third kappa shape index (κ3) is 5.92. The highest BCUT2D eigenvalue weighted by Crippen LogP contribution is 2.26. The van der Waals surface area contributed by atoms with E-state index >= 15 is 0 Å². The van der Waals surface area contributed by atoms with Crippen LogP contribution in [0.2, 0.25) is 5.02 Å². The summed E-state index contributed by atoms with van der Waals surface area (Å²) in [5.74, 6) is 0.911. The third-order valence-corrected chi connectivity index (χ3v) is 6.52. The van der Waals surface area contributed by atoms with E-state index in [4.69, 9.17) is 16.3 Å². The number of carbonyl (C=O) groups excluding carboxylic acids is 1. The maximum absolute atomic E-state index is 12.9. The Labute approximate surface area is 190 Å². The normalized spacial score (nSPS) is 17.6. The molecule has 0 aromatic heterocycles. The lowest BCUT2D eigenvalue weighted by Gasteiger charge is -2.36. The molecule has 6 heteroatoms. The maximum Gasteiger partial charge on any atom is 0.253 e. The van der Waals surface area contributed by atoms with Crippen LogP contribution in [0.4, 0.5) is 5.69 Å². The van der Waals surface area contributed by atoms with Crippen molar-refractivity contribution in [1.29, 1.82) is 0 Å². The Morgan fingerprint density at radius 1 is 0.871 bits per heavy atom. The standard InChI is InChI=1S/C25H32ClN3O2/c26-23-7-2-3-8-24(23)28-16-18-29(19-17-28)25(30)21-9-11-22(12-10-21)31-20-6-15-27-13-4-1-5-14-27/h2-3,7-12H,1,4-6,13-20H2. The Bertz CT molecular complexity index is 844. The largest absolute Gasteiger partial charge is 0.494 e. The number of piperidine rings is 1. The highest BCUT2D eigenvalue weighted by molar-refractivity contribution is 6.33. The van der Waals surface area contributed by atoms with Crippen LogP contribution in [-0.2, 0) is 0 Å². The fraction of sp³-hybridized carbons (Fsp3) is 0.480. The zero-order chi connectivity index (χ0) is 21.5. The molecule has 2 fully saturated rings. The first-order chi connectivity index (χ1) is 15.2. The second-order valence-electron chi connectivity index (χ2n) is 8.36. The summed E-state index contributed by atoms with van der Waals surface area (Å²) in [5.41, 5.74) is 1.75. The van der Waals surface area contributed by atoms with Crippen molar-refractivity contribution in [2.24, 2.45) is 0 Å². The van der Waals surface area contributed by atoms with Gasteiger partial charge in [-0.1, -0.05) is 30.2 Å². The lowest BCUT2D eigenvalue weighted by Crippen LogP contribution is -2.48. The number of carbonyl (C=O) groups is 1. The Balaban J connectivity index is 1.22. The van der Waals surface area contributed by atoms with E-state index in [1.807, 2.05) is 53.4 Å². The van der Waals surface area contributed by atoms with Crippen molar-refractivity contribution in [3.63, 3.8) is 0 Å². The number of hydrogen-bond acceptors (Lipinski definition) is 4. The lowest BCUT2D eigenvalue weighted by atomic mass is 10.1. The molecule has 0 spiro atoms. The number of para-hydroxylation sites is 1. The molecule has 0 N–H and O–H groups in total. The summed E-state index contributed by atoms with van der Waals surface area (Å²) < 4.78 is 5.88. The molecule has 5 nitrogen and oxygen atoms in total. The minimum absolute atomic E-state index is 0.0791. The molecule has 0 bridgehead atoms. The molecular weight excluding hydrogens is 410 g/mol. The summed E-state index contributed by atoms with van der Waals surface area (Å²) in [5, 5.41) is 0.758. The minimum atomic E-state index is 0.0791. The number of nitrogens with zero attached hydrogens (tertiary/aromatic N) is 3. The van der Waals surface area contributed by atoms with Gasteiger partial charge in [0, 0.05) is 38.3 Å². The summed E-state index contributed by atoms with van der Waals surface area (Å²) in [4.78, 5) is 19.6. The van der Waals surface area contributed by atoms with Gasteiger partial charge in [-0.2, -0.15) is 0 Å². The van der Waals surface area contributed by atoms with Gasteiger partial charge in [0.15, 0.2) is 0 Å². The van der Waals surface area contributed by atoms with Crippen LogP contribution >= 0.6 is 11.6 Å². The molecule has 2 heterocycles. The van der Waals surface area contributed by atoms with Gasteiger partial charge < -0.3 is 19.4 Å². The fourth-order valence-corrected chi connectivity index (χ4v) is 4.65. The number of ether oxygens (including phenoxy) is 1. The first kappa shape index (κ1) is 22.0. The number of likely N-dealkylation sites (tertiary alicyclic amines) is 1. The van der Waals surface area contributed by atoms with Crippen molar-refractivity contribution >= 4 is 23.2 Å². The summed E-state index contributed by atoms with van der Waals surface area (Å²) >= 11 is 6.32. The molecule has 2 aromatic rings. The van der Waals surface area contributed by atoms with Crippen molar-refractivity contribution < 1.29 is 9.53 Å². The van der Waals surface area contributed by atoms with Gasteiger partial charge in [0.2, 0.25) is 0 Å². The van der Waals surface area contributed by atoms with Gasteiger partial charge in [-0.25, -0.2) is 0 Å². The molecule has 31 heavy (non-hydrogen) atoms. The predicted octanol–water partition coefficient (Wildman–Crippen LogP) is 4.56. The van der Waals surface area contributed by atoms with E-state index in [0.717, 1.165) is 42.5 Å². The highest BCUT2D eigenvalue weighted by Gasteiger charge is 2.23. The Hall–Kier alpha value is -2.24. The Morgan fingerprint density at radius 2 is 1.58 bits per heavy atom. The predicted molar refractivity (Wildman–Crippen MR) is 126 cm³/mol. The van der Waals surface area contributed by atoms with Crippen LogP contribution in [0.15, 0.2) is 48.5 Å². The van der Waals surface area contributed by atoms with Crippen LogP contribution in [0.3, 0.4) is 0 Å². The topological polar surface area (TPSA) is 36.0 Å². The van der Waals surface area contributed by atoms with E-state index < -0.39 is 0 Å². The SMILES string of the molecule is O=C(c1ccc(OCCCN2CCCCC2)cc1)N1CCN(c2ccccc2Cl)CC1. The van der Waals surface area contributed by atoms with Crippen LogP contribution in [0, 0.1) is 0 Å². The van der Waals surface area contributed by atoms with E-state index in [-0.39, 0.29) is 5.91 Å². The molecule has 166 valence electrons. The molecular formula is C25H32ClN3O2. The molecule has 4 rings (SSSR count). The molecule has 0 saturated carbocycles. The zero-order valence-electron chi connectivity index (χ0n) is 18.1. The average Bonchev–Trinajstić information content (AvgIpc) is 2.83. The van der Waals surface area contributed by atoms with Crippen molar-refractivity contribution in [2.75, 3.05) is 57.3 Å². The highest BCUT2D eigenvalue weighted by atomic mass is 35.5. The monoisotopic (exact) mass is 441 g/mol. The average molecular weight is 442 g/mol. The minimum Gasteiger partial charge on any atom is -0.494 e. The van der Waals surface area contributed by atoms with Crippen molar-refractivity contribution in [3.05, 3.63) is 59.1 Å². The quantitative estimate of drug-likeness (QED) is 0.590. The van der Waals surface area contributed by atoms with Crippen molar-refractivity contribution in [3.8, 4) is 5.75 Å². The molecule has 0 radical (unpaired) electrons. The van der Waals surface area contributed by atoms with E-state index in [0.29, 0.717) is 25.3 Å². The molecule has 0 aliphatic carbocycles. The van der Waals surface area contributed by atoms with Crippen LogP contribution in [-0.4, -0.2) is 68.1 Å². The first-order valence-corrected chi connectivity index (χ1v) is 11.8. The number of piperazine rings is 1. The third-order valence-electron chi connectivity index (χ3n) is 6.20. The molecule has 2 aliphatic heterocycles. The van der Waals surface area contributed by atoms with Crippen LogP contribution < -0.4 is 9.64 Å². The number of benzene rings is 2. The van der Waals surface area contributed by atoms with Gasteiger partial charge in [-0.3, -0.25) is 4.79 Å². The molecule has 2 aromatic carbocycles. The fourth-order valence-electron chi connectivity index (χ4n) is 4.40. The summed E-state index contributed by atoms with van der Waals surface area (Å²) in [6, 6.07) is 15.5. The molecule has 2 aliphatic rings. The summed E-state index contributed by atoms with van der Waals surface area (Å²) in [6.45, 7) is 7.23. The van der Waals surface area contributed by atoms with Crippen molar-refractivity contribution in [1.82, 2.24) is 9.80 Å². The van der Waals surface area contributed by atoms with Crippen LogP contribution in [0.5, 0.6) is 5.75 Å². The Kier molecular flexibility index (Phi) is 7.71. The van der Waals surface area contributed by atoms with E-state index in [9.17, 15) is 4.79 Å². The first-order valence-electron chi connectivity index (χ1n) is 11.4. The smallest absolute Gasteiger partial charge is 0.253 e. The van der Waals surface area contributed by atoms with Gasteiger partial charge in [0.25, 0.3) is 5.91 Å². The molecule has 0 atom stereocenters. The second kappa shape index (κ2) is 10.9.